The van der Waals surface area contributed by atoms with E-state index in [0.29, 0.717) is 0 Å². The van der Waals surface area contributed by atoms with Gasteiger partial charge in [0, 0.05) is 13.0 Å². The summed E-state index contributed by atoms with van der Waals surface area (Å²) in [4.78, 5) is 11.9. The topological polar surface area (TPSA) is 26.3 Å². The lowest BCUT2D eigenvalue weighted by Crippen LogP contribution is -2.15. The van der Waals surface area contributed by atoms with Gasteiger partial charge in [0.2, 0.25) is 0 Å². The molecule has 0 aliphatic carbocycles. The number of benzene rings is 3. The van der Waals surface area contributed by atoms with Gasteiger partial charge in [-0.1, -0.05) is 91.0 Å². The summed E-state index contributed by atoms with van der Waals surface area (Å²) in [5, 5.41) is 2.26. The standard InChI is InChI=1S/C24H21O2P/c1-26-24(25)18-20-27(22-13-7-3-8-14-22,23-15-9-4-10-16-23)19-17-21-11-5-2-6-12-21/h2-18,20H,1H3. The van der Waals surface area contributed by atoms with E-state index in [1.54, 1.807) is 0 Å². The molecule has 0 aliphatic heterocycles. The van der Waals surface area contributed by atoms with E-state index < -0.39 is 6.89 Å². The molecule has 0 N–H and O–H groups in total. The number of carbonyl (C=O) groups excluding carboxylic acids is 1. The third kappa shape index (κ3) is 4.57. The molecule has 0 radical (unpaired) electrons. The van der Waals surface area contributed by atoms with Crippen molar-refractivity contribution in [3.63, 3.8) is 0 Å². The first-order chi connectivity index (χ1) is 13.2. The molecule has 0 amide bonds. The minimum atomic E-state index is -2.22. The highest BCUT2D eigenvalue weighted by Gasteiger charge is 2.19. The van der Waals surface area contributed by atoms with E-state index >= 15 is 0 Å². The second-order valence-corrected chi connectivity index (χ2v) is 8.95. The molecule has 0 unspecified atom stereocenters. The Bertz CT molecular complexity index is 957. The Morgan fingerprint density at radius 1 is 0.815 bits per heavy atom. The van der Waals surface area contributed by atoms with E-state index in [0.717, 1.165) is 16.2 Å². The van der Waals surface area contributed by atoms with Crippen LogP contribution in [0, 0.1) is 0 Å². The first-order valence-corrected chi connectivity index (χ1v) is 10.5. The van der Waals surface area contributed by atoms with Crippen molar-refractivity contribution in [1.29, 1.82) is 0 Å². The van der Waals surface area contributed by atoms with Gasteiger partial charge in [-0.25, -0.2) is 4.79 Å². The predicted octanol–water partition coefficient (Wildman–Crippen LogP) is 4.46. The molecule has 0 bridgehead atoms. The Morgan fingerprint density at radius 2 is 1.30 bits per heavy atom. The first kappa shape index (κ1) is 18.7. The molecule has 0 aliphatic rings. The van der Waals surface area contributed by atoms with Gasteiger partial charge in [-0.05, 0) is 28.1 Å². The Hall–Kier alpha value is -3.05. The summed E-state index contributed by atoms with van der Waals surface area (Å²) in [6, 6.07) is 30.5. The van der Waals surface area contributed by atoms with Crippen molar-refractivity contribution in [3.05, 3.63) is 108 Å². The molecule has 27 heavy (non-hydrogen) atoms. The maximum atomic E-state index is 11.9. The fourth-order valence-corrected chi connectivity index (χ4v) is 5.82. The first-order valence-electron chi connectivity index (χ1n) is 8.68. The summed E-state index contributed by atoms with van der Waals surface area (Å²) in [7, 11) is 1.39. The number of methoxy groups -OCH3 is 1. The van der Waals surface area contributed by atoms with Crippen molar-refractivity contribution in [3.8, 4) is 0 Å². The van der Waals surface area contributed by atoms with Crippen LogP contribution in [-0.4, -0.2) is 18.5 Å². The van der Waals surface area contributed by atoms with Crippen molar-refractivity contribution in [1.82, 2.24) is 0 Å². The second-order valence-electron chi connectivity index (χ2n) is 5.92. The van der Waals surface area contributed by atoms with Gasteiger partial charge in [0.1, 0.15) is 0 Å². The van der Waals surface area contributed by atoms with Gasteiger partial charge in [0.25, 0.3) is 0 Å². The third-order valence-corrected chi connectivity index (χ3v) is 7.55. The number of esters is 1. The molecule has 3 heteroatoms. The lowest BCUT2D eigenvalue weighted by molar-refractivity contribution is -0.134. The largest absolute Gasteiger partial charge is 0.466 e. The summed E-state index contributed by atoms with van der Waals surface area (Å²) in [5.41, 5.74) is 4.72. The summed E-state index contributed by atoms with van der Waals surface area (Å²) in [6.07, 6.45) is 3.52. The molecule has 3 rings (SSSR count). The quantitative estimate of drug-likeness (QED) is 0.376. The van der Waals surface area contributed by atoms with E-state index in [4.69, 9.17) is 4.74 Å². The Balaban J connectivity index is 2.33. The van der Waals surface area contributed by atoms with E-state index in [9.17, 15) is 4.79 Å². The minimum absolute atomic E-state index is 0.368. The highest BCUT2D eigenvalue weighted by atomic mass is 31.2. The zero-order valence-electron chi connectivity index (χ0n) is 15.2. The van der Waals surface area contributed by atoms with Crippen LogP contribution >= 0.6 is 6.89 Å². The molecule has 134 valence electrons. The molecule has 0 aromatic heterocycles. The van der Waals surface area contributed by atoms with Gasteiger partial charge in [-0.3, -0.25) is 0 Å². The van der Waals surface area contributed by atoms with Crippen LogP contribution in [0.4, 0.5) is 0 Å². The minimum Gasteiger partial charge on any atom is -0.466 e. The van der Waals surface area contributed by atoms with Crippen molar-refractivity contribution in [2.24, 2.45) is 0 Å². The van der Waals surface area contributed by atoms with Crippen molar-refractivity contribution in [2.75, 3.05) is 7.11 Å². The van der Waals surface area contributed by atoms with Crippen molar-refractivity contribution >= 4 is 35.0 Å². The lowest BCUT2D eigenvalue weighted by atomic mass is 10.2. The van der Waals surface area contributed by atoms with Crippen LogP contribution in [0.2, 0.25) is 0 Å². The Morgan fingerprint density at radius 3 is 1.78 bits per heavy atom. The summed E-state index contributed by atoms with van der Waals surface area (Å²) in [6.45, 7) is -2.22. The van der Waals surface area contributed by atoms with Crippen LogP contribution in [0.25, 0.3) is 6.08 Å². The number of ether oxygens (including phenoxy) is 1. The Labute approximate surface area is 160 Å². The maximum Gasteiger partial charge on any atom is 0.330 e. The van der Waals surface area contributed by atoms with Crippen LogP contribution in [0.1, 0.15) is 5.56 Å². The molecule has 0 spiro atoms. The van der Waals surface area contributed by atoms with Gasteiger partial charge in [-0.15, -0.1) is 5.45 Å². The van der Waals surface area contributed by atoms with E-state index in [-0.39, 0.29) is 5.97 Å². The van der Waals surface area contributed by atoms with Gasteiger partial charge in [-0.2, -0.15) is 0 Å². The second kappa shape index (κ2) is 9.05. The number of rotatable bonds is 5. The summed E-state index contributed by atoms with van der Waals surface area (Å²) >= 11 is 0. The van der Waals surface area contributed by atoms with E-state index in [2.05, 4.69) is 29.7 Å². The van der Waals surface area contributed by atoms with Gasteiger partial charge in [0.15, 0.2) is 0 Å². The van der Waals surface area contributed by atoms with Crippen LogP contribution in [0.15, 0.2) is 103 Å². The van der Waals surface area contributed by atoms with Crippen LogP contribution in [0.5, 0.6) is 0 Å². The van der Waals surface area contributed by atoms with Gasteiger partial charge < -0.3 is 4.74 Å². The normalized spacial score (nSPS) is 11.0. The SMILES string of the molecule is COC(=O)C=CP(=C=Cc1ccccc1)(c1ccccc1)c1ccccc1. The third-order valence-electron chi connectivity index (χ3n) is 4.20. The summed E-state index contributed by atoms with van der Waals surface area (Å²) in [5.74, 6) is 1.59. The monoisotopic (exact) mass is 372 g/mol. The highest BCUT2D eigenvalue weighted by molar-refractivity contribution is 7.90. The van der Waals surface area contributed by atoms with Gasteiger partial charge in [0.05, 0.1) is 7.11 Å². The smallest absolute Gasteiger partial charge is 0.330 e. The maximum absolute atomic E-state index is 11.9. The lowest BCUT2D eigenvalue weighted by Gasteiger charge is -2.21. The van der Waals surface area contributed by atoms with Crippen LogP contribution < -0.4 is 10.6 Å². The fraction of sp³-hybridized carbons (Fsp3) is 0.0417. The number of hydrogen-bond donors (Lipinski definition) is 0. The van der Waals surface area contributed by atoms with Crippen LogP contribution in [0.3, 0.4) is 0 Å². The molecule has 0 saturated heterocycles. The van der Waals surface area contributed by atoms with E-state index in [1.165, 1.54) is 13.2 Å². The molecule has 0 atom stereocenters. The average molecular weight is 372 g/mol. The highest BCUT2D eigenvalue weighted by Crippen LogP contribution is 2.45. The molecular weight excluding hydrogens is 351 g/mol. The van der Waals surface area contributed by atoms with Gasteiger partial charge >= 0.3 is 5.97 Å². The predicted molar refractivity (Wildman–Crippen MR) is 116 cm³/mol. The molecule has 0 saturated carbocycles. The number of carbonyl (C=O) groups is 1. The van der Waals surface area contributed by atoms with Crippen molar-refractivity contribution in [2.45, 2.75) is 0 Å². The molecule has 2 nitrogen and oxygen atoms in total. The summed E-state index contributed by atoms with van der Waals surface area (Å²) < 4.78 is 4.83. The zero-order chi connectivity index (χ0) is 19.0. The molecular formula is C24H21O2P. The van der Waals surface area contributed by atoms with Crippen molar-refractivity contribution < 1.29 is 9.53 Å². The average Bonchev–Trinajstić information content (AvgIpc) is 2.76. The fourth-order valence-electron chi connectivity index (χ4n) is 2.81. The van der Waals surface area contributed by atoms with E-state index in [1.807, 2.05) is 78.6 Å². The molecule has 0 heterocycles. The zero-order valence-corrected chi connectivity index (χ0v) is 16.1. The molecule has 3 aromatic carbocycles. The molecule has 3 aromatic rings. The van der Waals surface area contributed by atoms with Crippen LogP contribution in [-0.2, 0) is 9.53 Å². The number of hydrogen-bond acceptors (Lipinski definition) is 2. The Kier molecular flexibility index (Phi) is 6.28. The molecule has 0 fully saturated rings.